The van der Waals surface area contributed by atoms with Crippen LogP contribution < -0.4 is 5.32 Å². The highest BCUT2D eigenvalue weighted by Gasteiger charge is 2.30. The molecule has 1 saturated heterocycles. The molecule has 0 saturated carbocycles. The number of hydrogen-bond acceptors (Lipinski definition) is 6. The van der Waals surface area contributed by atoms with Crippen LogP contribution in [0.3, 0.4) is 0 Å². The van der Waals surface area contributed by atoms with E-state index in [2.05, 4.69) is 10.3 Å². The van der Waals surface area contributed by atoms with Crippen molar-refractivity contribution in [3.8, 4) is 0 Å². The zero-order valence-corrected chi connectivity index (χ0v) is 19.2. The molecule has 1 N–H and O–H groups in total. The second kappa shape index (κ2) is 10.1. The molecule has 176 valence electrons. The number of piperidine rings is 1. The molecule has 1 aromatic carbocycles. The van der Waals surface area contributed by atoms with Crippen LogP contribution in [-0.2, 0) is 28.9 Å². The van der Waals surface area contributed by atoms with Crippen molar-refractivity contribution in [3.05, 3.63) is 46.5 Å². The van der Waals surface area contributed by atoms with Crippen molar-refractivity contribution in [2.45, 2.75) is 64.6 Å². The van der Waals surface area contributed by atoms with Crippen molar-refractivity contribution in [2.75, 3.05) is 18.4 Å². The topological polar surface area (TPSA) is 63.7 Å². The standard InChI is InChI=1S/C22H28F3N3O3S/c1-21(2,3)31-20(29)28-9-5-8-17(12-28)27-19-26-11-18(32-19)14-30-13-15-6-4-7-16(10-15)22(23,24)25/h4,6-7,10-11,17H,5,8-9,12-14H2,1-3H3,(H,26,27)/t17-/m1/s1. The summed E-state index contributed by atoms with van der Waals surface area (Å²) in [6, 6.07) is 5.19. The first kappa shape index (κ1) is 24.3. The van der Waals surface area contributed by atoms with Crippen LogP contribution >= 0.6 is 11.3 Å². The maximum absolute atomic E-state index is 12.8. The first-order chi connectivity index (χ1) is 15.0. The fourth-order valence-corrected chi connectivity index (χ4v) is 4.14. The Hall–Kier alpha value is -2.33. The summed E-state index contributed by atoms with van der Waals surface area (Å²) in [5, 5.41) is 4.08. The Morgan fingerprint density at radius 3 is 2.78 bits per heavy atom. The quantitative estimate of drug-likeness (QED) is 0.586. The van der Waals surface area contributed by atoms with E-state index in [4.69, 9.17) is 9.47 Å². The summed E-state index contributed by atoms with van der Waals surface area (Å²) in [6.45, 7) is 7.07. The highest BCUT2D eigenvalue weighted by atomic mass is 32.1. The van der Waals surface area contributed by atoms with Crippen LogP contribution in [0.15, 0.2) is 30.5 Å². The average molecular weight is 472 g/mol. The summed E-state index contributed by atoms with van der Waals surface area (Å²) >= 11 is 1.43. The van der Waals surface area contributed by atoms with Gasteiger partial charge in [0.15, 0.2) is 5.13 Å². The number of nitrogens with zero attached hydrogens (tertiary/aromatic N) is 2. The summed E-state index contributed by atoms with van der Waals surface area (Å²) in [5.41, 5.74) is -0.752. The van der Waals surface area contributed by atoms with Crippen LogP contribution in [0.25, 0.3) is 0 Å². The lowest BCUT2D eigenvalue weighted by Crippen LogP contribution is -2.46. The first-order valence-electron chi connectivity index (χ1n) is 10.4. The van der Waals surface area contributed by atoms with Gasteiger partial charge in [-0.3, -0.25) is 0 Å². The second-order valence-electron chi connectivity index (χ2n) is 8.73. The molecule has 1 aliphatic heterocycles. The van der Waals surface area contributed by atoms with Crippen molar-refractivity contribution in [1.29, 1.82) is 0 Å². The highest BCUT2D eigenvalue weighted by molar-refractivity contribution is 7.15. The van der Waals surface area contributed by atoms with Gasteiger partial charge in [0.2, 0.25) is 0 Å². The Balaban J connectivity index is 1.47. The van der Waals surface area contributed by atoms with E-state index in [0.717, 1.165) is 35.0 Å². The lowest BCUT2D eigenvalue weighted by atomic mass is 10.1. The number of carbonyl (C=O) groups excluding carboxylic acids is 1. The fourth-order valence-electron chi connectivity index (χ4n) is 3.31. The van der Waals surface area contributed by atoms with Gasteiger partial charge in [-0.2, -0.15) is 13.2 Å². The van der Waals surface area contributed by atoms with Gasteiger partial charge >= 0.3 is 12.3 Å². The average Bonchev–Trinajstić information content (AvgIpc) is 3.14. The number of aromatic nitrogens is 1. The minimum absolute atomic E-state index is 0.0706. The number of amides is 1. The normalized spacial score (nSPS) is 17.3. The number of rotatable bonds is 6. The summed E-state index contributed by atoms with van der Waals surface area (Å²) in [6.07, 6.45) is -1.21. The predicted octanol–water partition coefficient (Wildman–Crippen LogP) is 5.69. The summed E-state index contributed by atoms with van der Waals surface area (Å²) < 4.78 is 49.5. The molecule has 1 aliphatic rings. The molecule has 1 aromatic heterocycles. The molecule has 2 heterocycles. The molecule has 0 spiro atoms. The van der Waals surface area contributed by atoms with Gasteiger partial charge in [-0.25, -0.2) is 9.78 Å². The Bertz CT molecular complexity index is 912. The van der Waals surface area contributed by atoms with Crippen molar-refractivity contribution in [3.63, 3.8) is 0 Å². The van der Waals surface area contributed by atoms with Gasteiger partial charge in [0.05, 0.1) is 23.7 Å². The van der Waals surface area contributed by atoms with Crippen molar-refractivity contribution in [1.82, 2.24) is 9.88 Å². The molecule has 1 amide bonds. The lowest BCUT2D eigenvalue weighted by Gasteiger charge is -2.34. The minimum atomic E-state index is -4.37. The van der Waals surface area contributed by atoms with Crippen LogP contribution in [0.1, 0.15) is 49.6 Å². The third-order valence-corrected chi connectivity index (χ3v) is 5.62. The Morgan fingerprint density at radius 1 is 1.28 bits per heavy atom. The molecule has 2 aromatic rings. The van der Waals surface area contributed by atoms with Gasteiger partial charge in [-0.1, -0.05) is 23.5 Å². The van der Waals surface area contributed by atoms with Gasteiger partial charge in [-0.15, -0.1) is 0 Å². The molecule has 0 aliphatic carbocycles. The maximum Gasteiger partial charge on any atom is 0.416 e. The molecule has 1 fully saturated rings. The number of likely N-dealkylation sites (tertiary alicyclic amines) is 1. The predicted molar refractivity (Wildman–Crippen MR) is 117 cm³/mol. The number of carbonyl (C=O) groups is 1. The van der Waals surface area contributed by atoms with Crippen molar-refractivity contribution < 1.29 is 27.4 Å². The number of halogens is 3. The van der Waals surface area contributed by atoms with Crippen LogP contribution in [-0.4, -0.2) is 40.7 Å². The summed E-state index contributed by atoms with van der Waals surface area (Å²) in [5.74, 6) is 0. The van der Waals surface area contributed by atoms with Gasteiger partial charge in [0.25, 0.3) is 0 Å². The zero-order chi connectivity index (χ0) is 23.4. The zero-order valence-electron chi connectivity index (χ0n) is 18.4. The van der Waals surface area contributed by atoms with E-state index in [9.17, 15) is 18.0 Å². The minimum Gasteiger partial charge on any atom is -0.444 e. The lowest BCUT2D eigenvalue weighted by molar-refractivity contribution is -0.137. The van der Waals surface area contributed by atoms with E-state index in [0.29, 0.717) is 18.7 Å². The summed E-state index contributed by atoms with van der Waals surface area (Å²) in [4.78, 5) is 19.2. The smallest absolute Gasteiger partial charge is 0.416 e. The van der Waals surface area contributed by atoms with E-state index < -0.39 is 17.3 Å². The van der Waals surface area contributed by atoms with E-state index in [1.165, 1.54) is 17.4 Å². The Morgan fingerprint density at radius 2 is 2.06 bits per heavy atom. The molecule has 0 radical (unpaired) electrons. The number of hydrogen-bond donors (Lipinski definition) is 1. The molecule has 3 rings (SSSR count). The monoisotopic (exact) mass is 471 g/mol. The number of benzene rings is 1. The third kappa shape index (κ3) is 7.37. The van der Waals surface area contributed by atoms with Crippen molar-refractivity contribution in [2.24, 2.45) is 0 Å². The molecule has 1 atom stereocenters. The van der Waals surface area contributed by atoms with Gasteiger partial charge < -0.3 is 19.7 Å². The number of anilines is 1. The largest absolute Gasteiger partial charge is 0.444 e. The third-order valence-electron chi connectivity index (χ3n) is 4.72. The number of ether oxygens (including phenoxy) is 2. The van der Waals surface area contributed by atoms with Gasteiger partial charge in [0, 0.05) is 25.3 Å². The van der Waals surface area contributed by atoms with Gasteiger partial charge in [-0.05, 0) is 51.3 Å². The number of thiazole rings is 1. The van der Waals surface area contributed by atoms with Crippen LogP contribution in [0.4, 0.5) is 23.1 Å². The number of nitrogens with one attached hydrogen (secondary N) is 1. The molecule has 10 heteroatoms. The fraction of sp³-hybridized carbons (Fsp3) is 0.545. The molecule has 0 bridgehead atoms. The first-order valence-corrected chi connectivity index (χ1v) is 11.2. The van der Waals surface area contributed by atoms with Crippen LogP contribution in [0.2, 0.25) is 0 Å². The SMILES string of the molecule is CC(C)(C)OC(=O)N1CCC[C@@H](Nc2ncc(COCc3cccc(C(F)(F)F)c3)s2)C1. The Kier molecular flexibility index (Phi) is 7.66. The molecule has 0 unspecified atom stereocenters. The van der Waals surface area contributed by atoms with E-state index in [1.807, 2.05) is 20.8 Å². The highest BCUT2D eigenvalue weighted by Crippen LogP contribution is 2.30. The molecular weight excluding hydrogens is 443 g/mol. The number of alkyl halides is 3. The Labute approximate surface area is 189 Å². The second-order valence-corrected chi connectivity index (χ2v) is 9.85. The van der Waals surface area contributed by atoms with Crippen LogP contribution in [0, 0.1) is 0 Å². The molecular formula is C22H28F3N3O3S. The van der Waals surface area contributed by atoms with Crippen LogP contribution in [0.5, 0.6) is 0 Å². The maximum atomic E-state index is 12.8. The molecule has 32 heavy (non-hydrogen) atoms. The molecule has 6 nitrogen and oxygen atoms in total. The summed E-state index contributed by atoms with van der Waals surface area (Å²) in [7, 11) is 0. The van der Waals surface area contributed by atoms with E-state index in [-0.39, 0.29) is 25.3 Å². The van der Waals surface area contributed by atoms with E-state index in [1.54, 1.807) is 17.2 Å². The van der Waals surface area contributed by atoms with E-state index >= 15 is 0 Å². The van der Waals surface area contributed by atoms with Gasteiger partial charge in [0.1, 0.15) is 5.60 Å². The van der Waals surface area contributed by atoms with Crippen molar-refractivity contribution >= 4 is 22.6 Å².